The SMILES string of the molecule is OC12CCCCC1OCCCS2. The minimum atomic E-state index is -0.547. The molecule has 0 aromatic rings. The van der Waals surface area contributed by atoms with Gasteiger partial charge in [0.15, 0.2) is 0 Å². The topological polar surface area (TPSA) is 29.5 Å². The number of fused-ring (bicyclic) bond motifs is 1. The van der Waals surface area contributed by atoms with E-state index in [1.54, 1.807) is 11.8 Å². The van der Waals surface area contributed by atoms with Crippen LogP contribution in [0, 0.1) is 0 Å². The van der Waals surface area contributed by atoms with Crippen molar-refractivity contribution >= 4 is 11.8 Å². The van der Waals surface area contributed by atoms with E-state index < -0.39 is 4.93 Å². The van der Waals surface area contributed by atoms with Crippen LogP contribution < -0.4 is 0 Å². The fraction of sp³-hybridized carbons (Fsp3) is 1.00. The summed E-state index contributed by atoms with van der Waals surface area (Å²) in [5.41, 5.74) is 0. The van der Waals surface area contributed by atoms with Crippen molar-refractivity contribution in [2.24, 2.45) is 0 Å². The van der Waals surface area contributed by atoms with Crippen molar-refractivity contribution < 1.29 is 9.84 Å². The Kier molecular flexibility index (Phi) is 2.63. The van der Waals surface area contributed by atoms with E-state index in [2.05, 4.69) is 0 Å². The van der Waals surface area contributed by atoms with Gasteiger partial charge in [-0.3, -0.25) is 0 Å². The maximum absolute atomic E-state index is 10.2. The molecule has 0 spiro atoms. The molecule has 2 unspecified atom stereocenters. The molecule has 0 amide bonds. The van der Waals surface area contributed by atoms with Gasteiger partial charge in [-0.1, -0.05) is 6.42 Å². The Balaban J connectivity index is 2.07. The summed E-state index contributed by atoms with van der Waals surface area (Å²) in [5.74, 6) is 1.05. The lowest BCUT2D eigenvalue weighted by Crippen LogP contribution is -2.42. The van der Waals surface area contributed by atoms with Gasteiger partial charge < -0.3 is 9.84 Å². The van der Waals surface area contributed by atoms with Crippen LogP contribution >= 0.6 is 11.8 Å². The Morgan fingerprint density at radius 2 is 2.25 bits per heavy atom. The van der Waals surface area contributed by atoms with Crippen LogP contribution in [0.2, 0.25) is 0 Å². The lowest BCUT2D eigenvalue weighted by molar-refractivity contribution is -0.0738. The Morgan fingerprint density at radius 1 is 1.33 bits per heavy atom. The van der Waals surface area contributed by atoms with Gasteiger partial charge in [-0.05, 0) is 31.4 Å². The molecule has 1 aliphatic carbocycles. The van der Waals surface area contributed by atoms with Crippen LogP contribution in [-0.4, -0.2) is 28.5 Å². The van der Waals surface area contributed by atoms with Crippen LogP contribution in [0.5, 0.6) is 0 Å². The molecular weight excluding hydrogens is 172 g/mol. The average molecular weight is 188 g/mol. The molecule has 2 nitrogen and oxygen atoms in total. The van der Waals surface area contributed by atoms with Crippen molar-refractivity contribution in [1.29, 1.82) is 0 Å². The van der Waals surface area contributed by atoms with Crippen molar-refractivity contribution in [3.05, 3.63) is 0 Å². The Hall–Kier alpha value is 0.270. The van der Waals surface area contributed by atoms with Crippen LogP contribution in [0.15, 0.2) is 0 Å². The predicted octanol–water partition coefficient (Wildman–Crippen LogP) is 1.77. The van der Waals surface area contributed by atoms with Gasteiger partial charge in [-0.15, -0.1) is 11.8 Å². The summed E-state index contributed by atoms with van der Waals surface area (Å²) in [6, 6.07) is 0. The second kappa shape index (κ2) is 3.56. The molecule has 1 saturated heterocycles. The van der Waals surface area contributed by atoms with E-state index in [0.717, 1.165) is 38.0 Å². The molecule has 2 fully saturated rings. The van der Waals surface area contributed by atoms with Gasteiger partial charge >= 0.3 is 0 Å². The zero-order valence-electron chi connectivity index (χ0n) is 7.29. The molecule has 0 radical (unpaired) electrons. The summed E-state index contributed by atoms with van der Waals surface area (Å²) in [6.45, 7) is 0.833. The highest BCUT2D eigenvalue weighted by molar-refractivity contribution is 8.00. The number of aliphatic hydroxyl groups is 1. The van der Waals surface area contributed by atoms with Crippen LogP contribution in [-0.2, 0) is 4.74 Å². The molecule has 12 heavy (non-hydrogen) atoms. The number of ether oxygens (including phenoxy) is 1. The predicted molar refractivity (Wildman–Crippen MR) is 50.2 cm³/mol. The molecule has 1 aliphatic heterocycles. The van der Waals surface area contributed by atoms with E-state index in [-0.39, 0.29) is 6.10 Å². The molecule has 70 valence electrons. The van der Waals surface area contributed by atoms with Gasteiger partial charge in [0.2, 0.25) is 0 Å². The van der Waals surface area contributed by atoms with Gasteiger partial charge in [0.25, 0.3) is 0 Å². The fourth-order valence-corrected chi connectivity index (χ4v) is 3.28. The number of rotatable bonds is 0. The normalized spacial score (nSPS) is 43.2. The first-order chi connectivity index (χ1) is 5.81. The summed E-state index contributed by atoms with van der Waals surface area (Å²) in [4.78, 5) is -0.547. The van der Waals surface area contributed by atoms with E-state index in [9.17, 15) is 5.11 Å². The van der Waals surface area contributed by atoms with Crippen molar-refractivity contribution in [1.82, 2.24) is 0 Å². The smallest absolute Gasteiger partial charge is 0.136 e. The lowest BCUT2D eigenvalue weighted by Gasteiger charge is -2.37. The third kappa shape index (κ3) is 1.63. The van der Waals surface area contributed by atoms with Crippen molar-refractivity contribution in [2.75, 3.05) is 12.4 Å². The highest BCUT2D eigenvalue weighted by atomic mass is 32.2. The van der Waals surface area contributed by atoms with Crippen LogP contribution in [0.4, 0.5) is 0 Å². The summed E-state index contributed by atoms with van der Waals surface area (Å²) in [7, 11) is 0. The molecule has 1 N–H and O–H groups in total. The van der Waals surface area contributed by atoms with Crippen LogP contribution in [0.1, 0.15) is 32.1 Å². The van der Waals surface area contributed by atoms with E-state index in [4.69, 9.17) is 4.74 Å². The van der Waals surface area contributed by atoms with Gasteiger partial charge in [0.1, 0.15) is 4.93 Å². The van der Waals surface area contributed by atoms with Crippen molar-refractivity contribution in [2.45, 2.75) is 43.1 Å². The van der Waals surface area contributed by atoms with E-state index in [0.29, 0.717) is 0 Å². The standard InChI is InChI=1S/C9H16O2S/c10-9-5-2-1-4-8(9)11-6-3-7-12-9/h8,10H,1-7H2. The highest BCUT2D eigenvalue weighted by Gasteiger charge is 2.41. The minimum Gasteiger partial charge on any atom is -0.377 e. The summed E-state index contributed by atoms with van der Waals surface area (Å²) >= 11 is 1.70. The second-order valence-corrected chi connectivity index (χ2v) is 5.06. The molecule has 0 aromatic carbocycles. The summed E-state index contributed by atoms with van der Waals surface area (Å²) in [5, 5.41) is 10.2. The van der Waals surface area contributed by atoms with E-state index in [1.165, 1.54) is 6.42 Å². The third-order valence-electron chi connectivity index (χ3n) is 2.71. The van der Waals surface area contributed by atoms with Gasteiger partial charge in [0.05, 0.1) is 6.10 Å². The largest absolute Gasteiger partial charge is 0.377 e. The van der Waals surface area contributed by atoms with Crippen LogP contribution in [0.25, 0.3) is 0 Å². The number of hydrogen-bond donors (Lipinski definition) is 1. The highest BCUT2D eigenvalue weighted by Crippen LogP contribution is 2.41. The van der Waals surface area contributed by atoms with Crippen molar-refractivity contribution in [3.8, 4) is 0 Å². The third-order valence-corrected chi connectivity index (χ3v) is 4.17. The Labute approximate surface area is 77.7 Å². The lowest BCUT2D eigenvalue weighted by atomic mass is 9.94. The maximum atomic E-state index is 10.2. The molecule has 1 saturated carbocycles. The molecule has 1 heterocycles. The first-order valence-electron chi connectivity index (χ1n) is 4.79. The zero-order chi connectivity index (χ0) is 8.44. The van der Waals surface area contributed by atoms with Crippen LogP contribution in [0.3, 0.4) is 0 Å². The monoisotopic (exact) mass is 188 g/mol. The first kappa shape index (κ1) is 8.85. The van der Waals surface area contributed by atoms with E-state index >= 15 is 0 Å². The molecule has 2 atom stereocenters. The Morgan fingerprint density at radius 3 is 3.17 bits per heavy atom. The summed E-state index contributed by atoms with van der Waals surface area (Å²) in [6.07, 6.45) is 5.53. The van der Waals surface area contributed by atoms with Gasteiger partial charge in [0, 0.05) is 6.61 Å². The molecule has 2 aliphatic rings. The molecule has 3 heteroatoms. The van der Waals surface area contributed by atoms with E-state index in [1.807, 2.05) is 0 Å². The quantitative estimate of drug-likeness (QED) is 0.628. The van der Waals surface area contributed by atoms with Gasteiger partial charge in [-0.25, -0.2) is 0 Å². The number of thioether (sulfide) groups is 1. The molecule has 0 bridgehead atoms. The molecule has 2 rings (SSSR count). The fourth-order valence-electron chi connectivity index (χ4n) is 2.01. The molecule has 0 aromatic heterocycles. The minimum absolute atomic E-state index is 0.110. The second-order valence-electron chi connectivity index (χ2n) is 3.65. The van der Waals surface area contributed by atoms with Gasteiger partial charge in [-0.2, -0.15) is 0 Å². The maximum Gasteiger partial charge on any atom is 0.136 e. The molecular formula is C9H16O2S. The Bertz CT molecular complexity index is 163. The summed E-state index contributed by atoms with van der Waals surface area (Å²) < 4.78 is 5.64. The van der Waals surface area contributed by atoms with Crippen molar-refractivity contribution in [3.63, 3.8) is 0 Å². The zero-order valence-corrected chi connectivity index (χ0v) is 8.11. The average Bonchev–Trinajstić information content (AvgIpc) is 2.25. The number of hydrogen-bond acceptors (Lipinski definition) is 3. The first-order valence-corrected chi connectivity index (χ1v) is 5.78.